The van der Waals surface area contributed by atoms with Gasteiger partial charge in [-0.3, -0.25) is 19.2 Å². The number of phenols is 1. The van der Waals surface area contributed by atoms with Crippen molar-refractivity contribution in [1.29, 1.82) is 0 Å². The van der Waals surface area contributed by atoms with Crippen LogP contribution in [0.3, 0.4) is 0 Å². The Labute approximate surface area is 372 Å². The predicted molar refractivity (Wildman–Crippen MR) is 226 cm³/mol. The van der Waals surface area contributed by atoms with Crippen molar-refractivity contribution >= 4 is 29.1 Å². The van der Waals surface area contributed by atoms with Gasteiger partial charge in [0.05, 0.1) is 36.1 Å². The number of allylic oxidation sites excluding steroid dienone is 2. The second-order valence-corrected chi connectivity index (χ2v) is 16.3. The normalized spacial score (nSPS) is 26.9. The lowest BCUT2D eigenvalue weighted by atomic mass is 9.56. The monoisotopic (exact) mass is 893 g/mol. The number of aryl methyl sites for hydroxylation is 1. The zero-order chi connectivity index (χ0) is 46.7. The topological polar surface area (TPSA) is 243 Å². The number of fused-ring (bicyclic) bond motifs is 5. The van der Waals surface area contributed by atoms with Gasteiger partial charge >= 0.3 is 5.97 Å². The zero-order valence-corrected chi connectivity index (χ0v) is 36.2. The molecular formula is C48H47NO16. The van der Waals surface area contributed by atoms with Gasteiger partial charge in [0.25, 0.3) is 0 Å². The maximum Gasteiger partial charge on any atom is 0.341 e. The molecule has 0 aromatic heterocycles. The summed E-state index contributed by atoms with van der Waals surface area (Å²) in [4.78, 5) is 72.0. The fourth-order valence-corrected chi connectivity index (χ4v) is 9.55. The van der Waals surface area contributed by atoms with Gasteiger partial charge in [0.15, 0.2) is 23.2 Å². The number of phenolic OH excluding ortho intramolecular Hbond substituents is 1. The lowest BCUT2D eigenvalue weighted by molar-refractivity contribution is -0.236. The Morgan fingerprint density at radius 3 is 2.15 bits per heavy atom. The molecule has 0 bridgehead atoms. The molecule has 4 aromatic carbocycles. The molecule has 0 amide bonds. The summed E-state index contributed by atoms with van der Waals surface area (Å²) in [5.41, 5.74) is -7.80. The van der Waals surface area contributed by atoms with E-state index >= 15 is 4.79 Å². The Bertz CT molecular complexity index is 2640. The third-order valence-corrected chi connectivity index (χ3v) is 12.7. The number of esters is 1. The van der Waals surface area contributed by atoms with E-state index in [1.54, 1.807) is 38.1 Å². The van der Waals surface area contributed by atoms with Crippen LogP contribution in [0.25, 0.3) is 0 Å². The van der Waals surface area contributed by atoms with E-state index in [2.05, 4.69) is 5.32 Å². The van der Waals surface area contributed by atoms with Crippen molar-refractivity contribution in [1.82, 2.24) is 5.32 Å². The summed E-state index contributed by atoms with van der Waals surface area (Å²) in [7, 11) is 4.79. The molecule has 1 unspecified atom stereocenters. The number of aliphatic hydroxyl groups is 3. The molecule has 0 spiro atoms. The molecule has 17 heteroatoms. The van der Waals surface area contributed by atoms with Crippen molar-refractivity contribution in [2.24, 2.45) is 0 Å². The van der Waals surface area contributed by atoms with Crippen molar-refractivity contribution in [2.75, 3.05) is 28.4 Å². The molecule has 65 heavy (non-hydrogen) atoms. The molecule has 1 heterocycles. The summed E-state index contributed by atoms with van der Waals surface area (Å²) in [5.74, 6) is -6.31. The molecule has 340 valence electrons. The predicted octanol–water partition coefficient (Wildman–Crippen LogP) is 3.20. The molecule has 0 saturated carbocycles. The molecule has 4 aromatic rings. The van der Waals surface area contributed by atoms with E-state index in [1.807, 2.05) is 30.3 Å². The van der Waals surface area contributed by atoms with Crippen molar-refractivity contribution in [2.45, 2.75) is 81.4 Å². The number of methoxy groups -OCH3 is 4. The first-order valence-corrected chi connectivity index (χ1v) is 20.6. The third kappa shape index (κ3) is 7.02. The summed E-state index contributed by atoms with van der Waals surface area (Å²) in [5, 5.41) is 50.6. The number of carbonyl (C=O) groups is 5. The molecule has 0 radical (unpaired) electrons. The number of carbonyl (C=O) groups excluding carboxylic acids is 5. The minimum atomic E-state index is -3.20. The number of hydrogen-bond acceptors (Lipinski definition) is 17. The Balaban J connectivity index is 1.21. The maximum absolute atomic E-state index is 15.3. The lowest BCUT2D eigenvalue weighted by Gasteiger charge is -2.53. The van der Waals surface area contributed by atoms with Gasteiger partial charge in [0.2, 0.25) is 17.3 Å². The van der Waals surface area contributed by atoms with E-state index in [-0.39, 0.29) is 34.7 Å². The summed E-state index contributed by atoms with van der Waals surface area (Å²) in [6, 6.07) is 18.8. The Hall–Kier alpha value is -6.31. The van der Waals surface area contributed by atoms with Crippen LogP contribution >= 0.6 is 0 Å². The summed E-state index contributed by atoms with van der Waals surface area (Å²) in [6.45, 7) is 3.26. The summed E-state index contributed by atoms with van der Waals surface area (Å²) in [6.07, 6.45) is -6.55. The Morgan fingerprint density at radius 1 is 0.846 bits per heavy atom. The second kappa shape index (κ2) is 17.2. The number of ketones is 4. The van der Waals surface area contributed by atoms with Crippen LogP contribution in [0.15, 0.2) is 78.5 Å². The SMILES string of the molecule is COC(=O)c1c(C)cc2c(c1OCc1ccc(OCc3ccccc3)cc1)[C@]1(O)C(=O)c3cc4c(c(O)c3C(=O)[C@]1(OC)[C@H](O)C2)C(=O)C=C(NC1O[C@@H](C)[C@H](OC)[C@@H](O)[C@H]1OC)C4=O. The van der Waals surface area contributed by atoms with Gasteiger partial charge in [-0.05, 0) is 54.3 Å². The van der Waals surface area contributed by atoms with Crippen molar-refractivity contribution in [3.8, 4) is 17.2 Å². The highest BCUT2D eigenvalue weighted by molar-refractivity contribution is 6.31. The number of benzene rings is 4. The highest BCUT2D eigenvalue weighted by Crippen LogP contribution is 2.57. The van der Waals surface area contributed by atoms with Gasteiger partial charge in [-0.2, -0.15) is 0 Å². The molecule has 8 atom stereocenters. The average molecular weight is 894 g/mol. The van der Waals surface area contributed by atoms with Crippen LogP contribution < -0.4 is 14.8 Å². The lowest BCUT2D eigenvalue weighted by Crippen LogP contribution is -2.73. The minimum Gasteiger partial charge on any atom is -0.506 e. The highest BCUT2D eigenvalue weighted by atomic mass is 16.6. The van der Waals surface area contributed by atoms with Crippen molar-refractivity contribution in [3.63, 3.8) is 0 Å². The molecule has 1 fully saturated rings. The summed E-state index contributed by atoms with van der Waals surface area (Å²) >= 11 is 0. The summed E-state index contributed by atoms with van der Waals surface area (Å²) < 4.78 is 39.9. The average Bonchev–Trinajstić information content (AvgIpc) is 3.28. The fraction of sp³-hybridized carbons (Fsp3) is 0.354. The quantitative estimate of drug-likeness (QED) is 0.128. The van der Waals surface area contributed by atoms with Gasteiger partial charge in [-0.15, -0.1) is 0 Å². The number of hydrogen-bond donors (Lipinski definition) is 5. The number of rotatable bonds is 12. The van der Waals surface area contributed by atoms with E-state index in [4.69, 9.17) is 33.2 Å². The number of Topliss-reactive ketones (excluding diaryl/α,β-unsaturated/α-hetero) is 3. The number of aliphatic hydroxyl groups excluding tert-OH is 2. The van der Waals surface area contributed by atoms with Gasteiger partial charge in [0, 0.05) is 50.5 Å². The molecule has 17 nitrogen and oxygen atoms in total. The van der Waals surface area contributed by atoms with Crippen LogP contribution in [0.1, 0.15) is 86.5 Å². The molecule has 1 aliphatic heterocycles. The van der Waals surface area contributed by atoms with Crippen LogP contribution in [-0.4, -0.2) is 120 Å². The van der Waals surface area contributed by atoms with Crippen LogP contribution in [0.2, 0.25) is 0 Å². The standard InChI is InChI=1S/C48H47NO16/c1-22-16-26-17-32(51)48(62-6)44(56)35-29(18-28-34(38(35)53)31(50)19-30(37(28)52)49-45-42(60-4)39(54)40(59-3)23(2)65-45)43(55)47(48,58)36(26)41(33(22)46(57)61-5)64-21-25-12-14-27(15-13-25)63-20-24-10-8-7-9-11-24/h7-16,18-19,23,32,39-40,42,45,49,51,53-54,58H,17,20-21H2,1-6H3/t23-,32+,39+,40-,42+,45?,47-,48+/m0/s1. The number of aromatic hydroxyl groups is 1. The molecule has 5 N–H and O–H groups in total. The van der Waals surface area contributed by atoms with Crippen LogP contribution in [0.5, 0.6) is 17.2 Å². The number of ether oxygens (including phenoxy) is 7. The fourth-order valence-electron chi connectivity index (χ4n) is 9.55. The first-order valence-electron chi connectivity index (χ1n) is 20.6. The molecule has 1 saturated heterocycles. The maximum atomic E-state index is 15.3. The smallest absolute Gasteiger partial charge is 0.341 e. The Kier molecular flexibility index (Phi) is 12.0. The van der Waals surface area contributed by atoms with Gasteiger partial charge < -0.3 is 58.9 Å². The molecule has 4 aliphatic rings. The van der Waals surface area contributed by atoms with Crippen LogP contribution in [0, 0.1) is 6.92 Å². The van der Waals surface area contributed by atoms with Gasteiger partial charge in [-0.1, -0.05) is 48.5 Å². The minimum absolute atomic E-state index is 0.109. The van der Waals surface area contributed by atoms with E-state index in [0.717, 1.165) is 31.9 Å². The van der Waals surface area contributed by atoms with Crippen molar-refractivity contribution < 1.29 is 77.6 Å². The second-order valence-electron chi connectivity index (χ2n) is 16.3. The largest absolute Gasteiger partial charge is 0.506 e. The first-order chi connectivity index (χ1) is 31.1. The Morgan fingerprint density at radius 2 is 1.51 bits per heavy atom. The van der Waals surface area contributed by atoms with E-state index in [1.165, 1.54) is 20.3 Å². The third-order valence-electron chi connectivity index (χ3n) is 12.7. The van der Waals surface area contributed by atoms with Crippen molar-refractivity contribution in [3.05, 3.63) is 134 Å². The van der Waals surface area contributed by atoms with Crippen LogP contribution in [0.4, 0.5) is 0 Å². The molecule has 8 rings (SSSR count). The van der Waals surface area contributed by atoms with Gasteiger partial charge in [0.1, 0.15) is 54.3 Å². The van der Waals surface area contributed by atoms with E-state index < -0.39 is 117 Å². The van der Waals surface area contributed by atoms with E-state index in [9.17, 15) is 39.6 Å². The zero-order valence-electron chi connectivity index (χ0n) is 36.2. The first kappa shape index (κ1) is 45.3. The van der Waals surface area contributed by atoms with Crippen LogP contribution in [-0.2, 0) is 48.9 Å². The molecular weight excluding hydrogens is 847 g/mol. The highest BCUT2D eigenvalue weighted by Gasteiger charge is 2.73. The van der Waals surface area contributed by atoms with Gasteiger partial charge in [-0.25, -0.2) is 4.79 Å². The number of nitrogens with one attached hydrogen (secondary N) is 1. The molecule has 3 aliphatic carbocycles. The van der Waals surface area contributed by atoms with E-state index in [0.29, 0.717) is 17.9 Å².